The number of anilines is 1. The predicted octanol–water partition coefficient (Wildman–Crippen LogP) is 5.44. The molecule has 2 N–H and O–H groups in total. The molecule has 6 rings (SSSR count). The van der Waals surface area contributed by atoms with Gasteiger partial charge in [-0.1, -0.05) is 91.0 Å². The summed E-state index contributed by atoms with van der Waals surface area (Å²) in [6.45, 7) is 0.960. The van der Waals surface area contributed by atoms with Crippen LogP contribution < -0.4 is 5.32 Å². The molecule has 0 radical (unpaired) electrons. The largest absolute Gasteiger partial charge is 0.465 e. The van der Waals surface area contributed by atoms with Crippen molar-refractivity contribution in [2.75, 3.05) is 18.4 Å². The van der Waals surface area contributed by atoms with Crippen LogP contribution in [0.25, 0.3) is 11.2 Å². The van der Waals surface area contributed by atoms with Crippen LogP contribution in [-0.2, 0) is 5.54 Å². The van der Waals surface area contributed by atoms with Gasteiger partial charge in [-0.15, -0.1) is 0 Å². The van der Waals surface area contributed by atoms with E-state index in [4.69, 9.17) is 9.97 Å². The summed E-state index contributed by atoms with van der Waals surface area (Å²) in [4.78, 5) is 22.5. The van der Waals surface area contributed by atoms with Crippen molar-refractivity contribution in [3.63, 3.8) is 0 Å². The summed E-state index contributed by atoms with van der Waals surface area (Å²) in [5, 5.41) is 12.6. The first-order chi connectivity index (χ1) is 18.2. The molecule has 7 heteroatoms. The number of aromatic nitrogens is 3. The predicted molar refractivity (Wildman–Crippen MR) is 144 cm³/mol. The van der Waals surface area contributed by atoms with Crippen molar-refractivity contribution < 1.29 is 9.90 Å². The van der Waals surface area contributed by atoms with E-state index in [1.165, 1.54) is 4.90 Å². The molecule has 0 bridgehead atoms. The standard InChI is InChI=1S/C30H27N5O2/c36-29(37)34-18-16-25(21-34)32-27-20-31-28-26(33-27)17-19-35(28)30(22-10-4-1-5-11-22,23-12-6-2-7-13-23)24-14-8-3-9-15-24/h1-15,17,19-20,25H,16,18,21H2,(H,32,33)(H,36,37). The van der Waals surface area contributed by atoms with Crippen LogP contribution >= 0.6 is 0 Å². The van der Waals surface area contributed by atoms with E-state index in [-0.39, 0.29) is 6.04 Å². The maximum Gasteiger partial charge on any atom is 0.407 e. The van der Waals surface area contributed by atoms with Crippen LogP contribution in [0.4, 0.5) is 10.6 Å². The number of nitrogens with one attached hydrogen (secondary N) is 1. The van der Waals surface area contributed by atoms with E-state index in [1.54, 1.807) is 6.20 Å². The fourth-order valence-electron chi connectivity index (χ4n) is 5.47. The Kier molecular flexibility index (Phi) is 5.81. The van der Waals surface area contributed by atoms with Crippen LogP contribution in [0.3, 0.4) is 0 Å². The van der Waals surface area contributed by atoms with Crippen LogP contribution in [-0.4, -0.2) is 49.8 Å². The van der Waals surface area contributed by atoms with Crippen LogP contribution in [0.1, 0.15) is 23.1 Å². The Morgan fingerprint density at radius 3 is 1.95 bits per heavy atom. The molecule has 3 aromatic carbocycles. The minimum absolute atomic E-state index is 0.0157. The van der Waals surface area contributed by atoms with Gasteiger partial charge in [0.05, 0.1) is 6.20 Å². The molecule has 3 heterocycles. The van der Waals surface area contributed by atoms with Crippen molar-refractivity contribution in [3.8, 4) is 0 Å². The monoisotopic (exact) mass is 489 g/mol. The van der Waals surface area contributed by atoms with Crippen molar-refractivity contribution in [1.29, 1.82) is 0 Å². The molecule has 1 atom stereocenters. The van der Waals surface area contributed by atoms with Gasteiger partial charge in [-0.05, 0) is 29.2 Å². The average molecular weight is 490 g/mol. The van der Waals surface area contributed by atoms with Crippen LogP contribution in [0.5, 0.6) is 0 Å². The normalized spacial score (nSPS) is 15.7. The number of hydrogen-bond donors (Lipinski definition) is 2. The Labute approximate surface area is 215 Å². The number of benzene rings is 3. The van der Waals surface area contributed by atoms with Gasteiger partial charge in [0.1, 0.15) is 16.9 Å². The number of hydrogen-bond acceptors (Lipinski definition) is 4. The molecule has 1 fully saturated rings. The fraction of sp³-hybridized carbons (Fsp3) is 0.167. The van der Waals surface area contributed by atoms with E-state index < -0.39 is 11.6 Å². The molecular formula is C30H27N5O2. The highest BCUT2D eigenvalue weighted by molar-refractivity contribution is 5.75. The molecule has 0 saturated carbocycles. The average Bonchev–Trinajstić information content (AvgIpc) is 3.59. The van der Waals surface area contributed by atoms with Gasteiger partial charge in [0, 0.05) is 25.3 Å². The Morgan fingerprint density at radius 2 is 1.43 bits per heavy atom. The van der Waals surface area contributed by atoms with Crippen molar-refractivity contribution in [3.05, 3.63) is 126 Å². The highest BCUT2D eigenvalue weighted by Crippen LogP contribution is 2.42. The molecule has 0 aliphatic carbocycles. The number of fused-ring (bicyclic) bond motifs is 1. The zero-order valence-corrected chi connectivity index (χ0v) is 20.2. The maximum atomic E-state index is 11.3. The summed E-state index contributed by atoms with van der Waals surface area (Å²) in [6, 6.07) is 33.4. The summed E-state index contributed by atoms with van der Waals surface area (Å²) >= 11 is 0. The van der Waals surface area contributed by atoms with Gasteiger partial charge >= 0.3 is 6.09 Å². The Bertz CT molecular complexity index is 1420. The van der Waals surface area contributed by atoms with Gasteiger partial charge in [-0.3, -0.25) is 0 Å². The zero-order chi connectivity index (χ0) is 25.2. The Hall–Kier alpha value is -4.65. The number of likely N-dealkylation sites (tertiary alicyclic amines) is 1. The molecule has 184 valence electrons. The molecule has 7 nitrogen and oxygen atoms in total. The molecule has 2 aromatic heterocycles. The van der Waals surface area contributed by atoms with Crippen LogP contribution in [0, 0.1) is 0 Å². The second-order valence-electron chi connectivity index (χ2n) is 9.32. The zero-order valence-electron chi connectivity index (χ0n) is 20.2. The number of carboxylic acid groups (broad SMARTS) is 1. The van der Waals surface area contributed by atoms with Gasteiger partial charge in [0.25, 0.3) is 0 Å². The lowest BCUT2D eigenvalue weighted by atomic mass is 9.76. The van der Waals surface area contributed by atoms with E-state index in [9.17, 15) is 9.90 Å². The van der Waals surface area contributed by atoms with E-state index in [2.05, 4.69) is 88.9 Å². The molecular weight excluding hydrogens is 462 g/mol. The highest BCUT2D eigenvalue weighted by Gasteiger charge is 2.39. The van der Waals surface area contributed by atoms with Gasteiger partial charge < -0.3 is 19.9 Å². The van der Waals surface area contributed by atoms with E-state index in [0.29, 0.717) is 18.9 Å². The van der Waals surface area contributed by atoms with Gasteiger partial charge in [-0.2, -0.15) is 0 Å². The first-order valence-electron chi connectivity index (χ1n) is 12.4. The molecule has 1 aliphatic rings. The van der Waals surface area contributed by atoms with Crippen molar-refractivity contribution in [2.24, 2.45) is 0 Å². The summed E-state index contributed by atoms with van der Waals surface area (Å²) in [6.07, 6.45) is 3.66. The second-order valence-corrected chi connectivity index (χ2v) is 9.32. The highest BCUT2D eigenvalue weighted by atomic mass is 16.4. The quantitative estimate of drug-likeness (QED) is 0.311. The molecule has 1 saturated heterocycles. The topological polar surface area (TPSA) is 83.3 Å². The minimum Gasteiger partial charge on any atom is -0.465 e. The molecule has 1 aliphatic heterocycles. The maximum absolute atomic E-state index is 11.3. The van der Waals surface area contributed by atoms with Crippen molar-refractivity contribution in [2.45, 2.75) is 18.0 Å². The van der Waals surface area contributed by atoms with Gasteiger partial charge in [0.15, 0.2) is 5.65 Å². The minimum atomic E-state index is -0.887. The lowest BCUT2D eigenvalue weighted by Gasteiger charge is -2.38. The van der Waals surface area contributed by atoms with Gasteiger partial charge in [0.2, 0.25) is 0 Å². The lowest BCUT2D eigenvalue weighted by molar-refractivity contribution is 0.155. The third-order valence-corrected chi connectivity index (χ3v) is 7.14. The van der Waals surface area contributed by atoms with E-state index in [1.807, 2.05) is 24.3 Å². The van der Waals surface area contributed by atoms with E-state index in [0.717, 1.165) is 34.3 Å². The van der Waals surface area contributed by atoms with Crippen molar-refractivity contribution in [1.82, 2.24) is 19.4 Å². The number of carbonyl (C=O) groups is 1. The van der Waals surface area contributed by atoms with Crippen LogP contribution in [0.15, 0.2) is 109 Å². The SMILES string of the molecule is O=C(O)N1CCC(Nc2cnc3c(ccn3C(c3ccccc3)(c3ccccc3)c3ccccc3)n2)C1. The number of nitrogens with zero attached hydrogens (tertiary/aromatic N) is 4. The fourth-order valence-corrected chi connectivity index (χ4v) is 5.47. The van der Waals surface area contributed by atoms with E-state index >= 15 is 0 Å². The summed E-state index contributed by atoms with van der Waals surface area (Å²) in [5.41, 5.74) is 4.23. The summed E-state index contributed by atoms with van der Waals surface area (Å²) < 4.78 is 2.21. The Morgan fingerprint density at radius 1 is 0.865 bits per heavy atom. The van der Waals surface area contributed by atoms with Crippen LogP contribution in [0.2, 0.25) is 0 Å². The number of amides is 1. The smallest absolute Gasteiger partial charge is 0.407 e. The lowest BCUT2D eigenvalue weighted by Crippen LogP contribution is -2.37. The Balaban J connectivity index is 1.49. The van der Waals surface area contributed by atoms with Gasteiger partial charge in [-0.25, -0.2) is 14.8 Å². The third kappa shape index (κ3) is 3.98. The second kappa shape index (κ2) is 9.43. The number of rotatable bonds is 6. The van der Waals surface area contributed by atoms with Crippen molar-refractivity contribution >= 4 is 23.1 Å². The molecule has 5 aromatic rings. The third-order valence-electron chi connectivity index (χ3n) is 7.14. The molecule has 37 heavy (non-hydrogen) atoms. The summed E-state index contributed by atoms with van der Waals surface area (Å²) in [5.74, 6) is 0.646. The first kappa shape index (κ1) is 22.8. The molecule has 0 spiro atoms. The first-order valence-corrected chi connectivity index (χ1v) is 12.4. The summed E-state index contributed by atoms with van der Waals surface area (Å²) in [7, 11) is 0. The molecule has 1 unspecified atom stereocenters. The molecule has 1 amide bonds.